The van der Waals surface area contributed by atoms with Crippen molar-refractivity contribution in [3.05, 3.63) is 9.98 Å². The van der Waals surface area contributed by atoms with Gasteiger partial charge in [0.25, 0.3) is 0 Å². The van der Waals surface area contributed by atoms with E-state index in [4.69, 9.17) is 0 Å². The number of halogens is 4. The second-order valence-electron chi connectivity index (χ2n) is 2.62. The van der Waals surface area contributed by atoms with Gasteiger partial charge in [0.15, 0.2) is 5.13 Å². The van der Waals surface area contributed by atoms with Crippen LogP contribution in [0, 0.1) is 0 Å². The summed E-state index contributed by atoms with van der Waals surface area (Å²) < 4.78 is 35.9. The van der Waals surface area contributed by atoms with Crippen LogP contribution in [0.4, 0.5) is 18.3 Å². The number of thiazole rings is 1. The molecule has 0 aliphatic heterocycles. The van der Waals surface area contributed by atoms with Gasteiger partial charge in [0.2, 0.25) is 0 Å². The lowest BCUT2D eigenvalue weighted by Crippen LogP contribution is -2.10. The van der Waals surface area contributed by atoms with Gasteiger partial charge in [-0.1, -0.05) is 0 Å². The lowest BCUT2D eigenvalue weighted by atomic mass is 10.3. The maximum atomic E-state index is 11.7. The summed E-state index contributed by atoms with van der Waals surface area (Å²) in [7, 11) is 0. The normalized spacial score (nSPS) is 11.7. The van der Waals surface area contributed by atoms with Crippen LogP contribution in [0.2, 0.25) is 0 Å². The predicted molar refractivity (Wildman–Crippen MR) is 53.6 cm³/mol. The van der Waals surface area contributed by atoms with Crippen molar-refractivity contribution in [3.63, 3.8) is 0 Å². The maximum Gasteiger partial charge on any atom is 0.389 e. The Labute approximate surface area is 91.7 Å². The van der Waals surface area contributed by atoms with E-state index in [1.165, 1.54) is 11.3 Å². The van der Waals surface area contributed by atoms with E-state index in [1.54, 1.807) is 5.38 Å². The molecule has 14 heavy (non-hydrogen) atoms. The third-order valence-electron chi connectivity index (χ3n) is 1.39. The smallest absolute Gasteiger partial charge is 0.361 e. The Kier molecular flexibility index (Phi) is 4.18. The van der Waals surface area contributed by atoms with E-state index >= 15 is 0 Å². The fraction of sp³-hybridized carbons (Fsp3) is 0.571. The summed E-state index contributed by atoms with van der Waals surface area (Å²) in [5.41, 5.74) is 0. The van der Waals surface area contributed by atoms with Crippen LogP contribution >= 0.6 is 27.3 Å². The highest BCUT2D eigenvalue weighted by Crippen LogP contribution is 2.22. The lowest BCUT2D eigenvalue weighted by molar-refractivity contribution is -0.134. The minimum atomic E-state index is -4.06. The first-order valence-corrected chi connectivity index (χ1v) is 5.56. The minimum Gasteiger partial charge on any atom is -0.361 e. The van der Waals surface area contributed by atoms with Crippen LogP contribution in [0.3, 0.4) is 0 Å². The molecule has 0 aliphatic carbocycles. The molecule has 1 N–H and O–H groups in total. The van der Waals surface area contributed by atoms with Gasteiger partial charge in [0.1, 0.15) is 4.60 Å². The Morgan fingerprint density at radius 3 is 2.71 bits per heavy atom. The molecule has 0 spiro atoms. The zero-order valence-electron chi connectivity index (χ0n) is 7.07. The van der Waals surface area contributed by atoms with Crippen molar-refractivity contribution in [2.45, 2.75) is 19.0 Å². The molecule has 0 aromatic carbocycles. The van der Waals surface area contributed by atoms with Crippen LogP contribution in [0.25, 0.3) is 0 Å². The number of nitrogens with one attached hydrogen (secondary N) is 1. The van der Waals surface area contributed by atoms with Crippen molar-refractivity contribution in [1.29, 1.82) is 0 Å². The first kappa shape index (κ1) is 11.8. The summed E-state index contributed by atoms with van der Waals surface area (Å²) >= 11 is 4.51. The third kappa shape index (κ3) is 4.80. The quantitative estimate of drug-likeness (QED) is 0.856. The highest BCUT2D eigenvalue weighted by Gasteiger charge is 2.25. The molecular weight excluding hydrogens is 281 g/mol. The fourth-order valence-electron chi connectivity index (χ4n) is 0.820. The van der Waals surface area contributed by atoms with Crippen molar-refractivity contribution in [2.24, 2.45) is 0 Å². The van der Waals surface area contributed by atoms with E-state index in [0.717, 1.165) is 0 Å². The van der Waals surface area contributed by atoms with Crippen LogP contribution in [-0.2, 0) is 0 Å². The van der Waals surface area contributed by atoms with E-state index in [-0.39, 0.29) is 6.42 Å². The van der Waals surface area contributed by atoms with Gasteiger partial charge in [-0.05, 0) is 22.4 Å². The van der Waals surface area contributed by atoms with E-state index in [1.807, 2.05) is 0 Å². The Morgan fingerprint density at radius 2 is 2.21 bits per heavy atom. The Hall–Kier alpha value is -0.300. The van der Waals surface area contributed by atoms with Crippen molar-refractivity contribution in [3.8, 4) is 0 Å². The SMILES string of the molecule is FC(F)(F)CCCNc1nc(Br)cs1. The summed E-state index contributed by atoms with van der Waals surface area (Å²) in [6.45, 7) is 0.291. The molecule has 1 rings (SSSR count). The van der Waals surface area contributed by atoms with E-state index < -0.39 is 12.6 Å². The number of nitrogens with zero attached hydrogens (tertiary/aromatic N) is 1. The second kappa shape index (κ2) is 4.97. The number of hydrogen-bond donors (Lipinski definition) is 1. The highest BCUT2D eigenvalue weighted by atomic mass is 79.9. The molecule has 0 amide bonds. The van der Waals surface area contributed by atoms with Gasteiger partial charge in [0.05, 0.1) is 0 Å². The molecule has 2 nitrogen and oxygen atoms in total. The zero-order valence-corrected chi connectivity index (χ0v) is 9.47. The summed E-state index contributed by atoms with van der Waals surface area (Å²) in [4.78, 5) is 3.99. The average molecular weight is 289 g/mol. The lowest BCUT2D eigenvalue weighted by Gasteiger charge is -2.05. The Bertz CT molecular complexity index is 287. The molecular formula is C7H8BrF3N2S. The summed E-state index contributed by atoms with van der Waals surface area (Å²) in [6, 6.07) is 0. The predicted octanol–water partition coefficient (Wildman–Crippen LogP) is 3.66. The molecule has 0 aliphatic rings. The topological polar surface area (TPSA) is 24.9 Å². The van der Waals surface area contributed by atoms with Crippen LogP contribution in [-0.4, -0.2) is 17.7 Å². The molecule has 7 heteroatoms. The van der Waals surface area contributed by atoms with E-state index in [9.17, 15) is 13.2 Å². The van der Waals surface area contributed by atoms with Crippen molar-refractivity contribution >= 4 is 32.4 Å². The second-order valence-corrected chi connectivity index (χ2v) is 4.29. The Balaban J connectivity index is 2.16. The van der Waals surface area contributed by atoms with Gasteiger partial charge in [-0.3, -0.25) is 0 Å². The number of aromatic nitrogens is 1. The highest BCUT2D eigenvalue weighted by molar-refractivity contribution is 9.10. The molecule has 0 bridgehead atoms. The van der Waals surface area contributed by atoms with Gasteiger partial charge in [-0.15, -0.1) is 11.3 Å². The molecule has 1 aromatic rings. The van der Waals surface area contributed by atoms with Crippen LogP contribution < -0.4 is 5.32 Å². The molecule has 1 aromatic heterocycles. The van der Waals surface area contributed by atoms with Gasteiger partial charge >= 0.3 is 6.18 Å². The van der Waals surface area contributed by atoms with Gasteiger partial charge < -0.3 is 5.32 Å². The van der Waals surface area contributed by atoms with Crippen LogP contribution in [0.1, 0.15) is 12.8 Å². The maximum absolute atomic E-state index is 11.7. The van der Waals surface area contributed by atoms with Crippen molar-refractivity contribution in [2.75, 3.05) is 11.9 Å². The van der Waals surface area contributed by atoms with E-state index in [2.05, 4.69) is 26.2 Å². The minimum absolute atomic E-state index is 0.0701. The standard InChI is InChI=1S/C7H8BrF3N2S/c8-5-4-14-6(13-5)12-3-1-2-7(9,10)11/h4H,1-3H2,(H,12,13). The number of alkyl halides is 3. The molecule has 0 saturated carbocycles. The molecule has 80 valence electrons. The Morgan fingerprint density at radius 1 is 1.50 bits per heavy atom. The largest absolute Gasteiger partial charge is 0.389 e. The summed E-state index contributed by atoms with van der Waals surface area (Å²) in [6.07, 6.45) is -4.75. The van der Waals surface area contributed by atoms with Crippen LogP contribution in [0.5, 0.6) is 0 Å². The van der Waals surface area contributed by atoms with Gasteiger partial charge in [-0.2, -0.15) is 13.2 Å². The molecule has 1 heterocycles. The summed E-state index contributed by atoms with van der Waals surface area (Å²) in [5, 5.41) is 5.22. The molecule has 0 radical (unpaired) electrons. The number of anilines is 1. The average Bonchev–Trinajstić information content (AvgIpc) is 2.44. The number of rotatable bonds is 4. The van der Waals surface area contributed by atoms with Gasteiger partial charge in [-0.25, -0.2) is 4.98 Å². The third-order valence-corrected chi connectivity index (χ3v) is 2.90. The summed E-state index contributed by atoms with van der Waals surface area (Å²) in [5.74, 6) is 0. The van der Waals surface area contributed by atoms with Crippen molar-refractivity contribution in [1.82, 2.24) is 4.98 Å². The van der Waals surface area contributed by atoms with Gasteiger partial charge in [0, 0.05) is 18.3 Å². The molecule has 0 fully saturated rings. The monoisotopic (exact) mass is 288 g/mol. The number of hydrogen-bond acceptors (Lipinski definition) is 3. The first-order valence-electron chi connectivity index (χ1n) is 3.89. The zero-order chi connectivity index (χ0) is 10.6. The fourth-order valence-corrected chi connectivity index (χ4v) is 1.99. The van der Waals surface area contributed by atoms with E-state index in [0.29, 0.717) is 16.3 Å². The molecule has 0 saturated heterocycles. The van der Waals surface area contributed by atoms with Crippen LogP contribution in [0.15, 0.2) is 9.98 Å². The van der Waals surface area contributed by atoms with Crippen molar-refractivity contribution < 1.29 is 13.2 Å². The molecule has 0 unspecified atom stereocenters. The molecule has 0 atom stereocenters. The first-order chi connectivity index (χ1) is 6.47.